The highest BCUT2D eigenvalue weighted by molar-refractivity contribution is 9.10. The van der Waals surface area contributed by atoms with Crippen LogP contribution in [0, 0.1) is 17.7 Å². The molecule has 0 bridgehead atoms. The minimum absolute atomic E-state index is 0.0463. The number of hydrogen-bond acceptors (Lipinski definition) is 5. The molecule has 6 nitrogen and oxygen atoms in total. The minimum atomic E-state index is -0.146. The molecule has 0 spiro atoms. The lowest BCUT2D eigenvalue weighted by molar-refractivity contribution is 0.273. The third-order valence-corrected chi connectivity index (χ3v) is 5.33. The van der Waals surface area contributed by atoms with Crippen molar-refractivity contribution in [3.8, 4) is 17.4 Å². The molecule has 1 heterocycles. The first-order valence-electron chi connectivity index (χ1n) is 9.50. The van der Waals surface area contributed by atoms with Gasteiger partial charge in [-0.2, -0.15) is 0 Å². The summed E-state index contributed by atoms with van der Waals surface area (Å²) in [5.41, 5.74) is 2.66. The summed E-state index contributed by atoms with van der Waals surface area (Å²) < 4.78 is 13.9. The highest BCUT2D eigenvalue weighted by atomic mass is 79.9. The molecule has 0 aliphatic rings. The average molecular weight is 461 g/mol. The predicted molar refractivity (Wildman–Crippen MR) is 119 cm³/mol. The molecule has 0 saturated carbocycles. The van der Waals surface area contributed by atoms with E-state index in [4.69, 9.17) is 9.47 Å². The van der Waals surface area contributed by atoms with Gasteiger partial charge in [-0.15, -0.1) is 4.91 Å². The second-order valence-corrected chi connectivity index (χ2v) is 8.40. The van der Waals surface area contributed by atoms with E-state index in [1.54, 1.807) is 17.7 Å². The van der Waals surface area contributed by atoms with Crippen LogP contribution in [-0.4, -0.2) is 23.4 Å². The molecule has 0 aliphatic carbocycles. The Balaban J connectivity index is 1.97. The van der Waals surface area contributed by atoms with Gasteiger partial charge in [0.25, 0.3) is 0 Å². The third kappa shape index (κ3) is 4.40. The van der Waals surface area contributed by atoms with Crippen LogP contribution in [0.15, 0.2) is 40.0 Å². The summed E-state index contributed by atoms with van der Waals surface area (Å²) in [6.07, 6.45) is 0.963. The molecule has 0 amide bonds. The topological polar surface area (TPSA) is 73.0 Å². The molecular weight excluding hydrogens is 436 g/mol. The molecule has 3 aromatic rings. The Kier molecular flexibility index (Phi) is 6.47. The summed E-state index contributed by atoms with van der Waals surface area (Å²) >= 11 is 3.44. The molecule has 0 saturated heterocycles. The number of aryl methyl sites for hydroxylation is 1. The molecule has 0 fully saturated rings. The Morgan fingerprint density at radius 2 is 1.97 bits per heavy atom. The molecule has 0 unspecified atom stereocenters. The first kappa shape index (κ1) is 21.2. The number of aromatic hydroxyl groups is 1. The number of halogens is 1. The van der Waals surface area contributed by atoms with Crippen molar-refractivity contribution < 1.29 is 14.6 Å². The van der Waals surface area contributed by atoms with Gasteiger partial charge in [0, 0.05) is 9.86 Å². The van der Waals surface area contributed by atoms with Gasteiger partial charge < -0.3 is 19.1 Å². The van der Waals surface area contributed by atoms with Crippen LogP contribution >= 0.6 is 15.9 Å². The van der Waals surface area contributed by atoms with Crippen LogP contribution in [0.5, 0.6) is 17.4 Å². The van der Waals surface area contributed by atoms with Gasteiger partial charge in [-0.1, -0.05) is 35.8 Å². The largest absolute Gasteiger partial charge is 0.493 e. The second-order valence-electron chi connectivity index (χ2n) is 7.48. The molecule has 2 aromatic carbocycles. The van der Waals surface area contributed by atoms with Gasteiger partial charge in [0.2, 0.25) is 5.88 Å². The van der Waals surface area contributed by atoms with Crippen LogP contribution in [0.4, 0.5) is 5.69 Å². The van der Waals surface area contributed by atoms with Crippen molar-refractivity contribution in [3.63, 3.8) is 0 Å². The molecule has 154 valence electrons. The zero-order valence-corrected chi connectivity index (χ0v) is 18.6. The van der Waals surface area contributed by atoms with E-state index in [-0.39, 0.29) is 11.6 Å². The summed E-state index contributed by atoms with van der Waals surface area (Å²) in [6, 6.07) is 9.43. The smallest absolute Gasteiger partial charge is 0.222 e. The van der Waals surface area contributed by atoms with Gasteiger partial charge in [0.1, 0.15) is 0 Å². The van der Waals surface area contributed by atoms with Crippen molar-refractivity contribution in [2.24, 2.45) is 11.1 Å². The van der Waals surface area contributed by atoms with Crippen molar-refractivity contribution in [2.75, 3.05) is 13.7 Å². The van der Waals surface area contributed by atoms with Gasteiger partial charge >= 0.3 is 0 Å². The summed E-state index contributed by atoms with van der Waals surface area (Å²) in [6.45, 7) is 7.23. The second kappa shape index (κ2) is 8.86. The molecule has 0 atom stereocenters. The number of rotatable bonds is 8. The molecule has 1 aromatic heterocycles. The van der Waals surface area contributed by atoms with Crippen LogP contribution in [0.2, 0.25) is 0 Å². The quantitative estimate of drug-likeness (QED) is 0.400. The lowest BCUT2D eigenvalue weighted by Gasteiger charge is -2.14. The first-order valence-corrected chi connectivity index (χ1v) is 10.3. The number of aromatic nitrogens is 1. The number of ether oxygens (including phenoxy) is 2. The van der Waals surface area contributed by atoms with E-state index in [1.165, 1.54) is 0 Å². The zero-order valence-electron chi connectivity index (χ0n) is 17.0. The predicted octanol–water partition coefficient (Wildman–Crippen LogP) is 6.30. The SMILES string of the molecule is COc1cc(Cn2c(O)c(N=O)c3cc(Br)cc(C)c32)ccc1OCCC(C)C. The molecule has 0 radical (unpaired) electrons. The van der Waals surface area contributed by atoms with Gasteiger partial charge in [-0.25, -0.2) is 0 Å². The van der Waals surface area contributed by atoms with E-state index < -0.39 is 0 Å². The molecule has 0 aliphatic heterocycles. The van der Waals surface area contributed by atoms with Crippen molar-refractivity contribution >= 4 is 32.5 Å². The maximum atomic E-state index is 11.3. The number of methoxy groups -OCH3 is 1. The minimum Gasteiger partial charge on any atom is -0.493 e. The maximum Gasteiger partial charge on any atom is 0.222 e. The Labute approximate surface area is 178 Å². The molecule has 7 heteroatoms. The summed E-state index contributed by atoms with van der Waals surface area (Å²) in [7, 11) is 1.60. The highest BCUT2D eigenvalue weighted by Gasteiger charge is 2.20. The van der Waals surface area contributed by atoms with Crippen molar-refractivity contribution in [2.45, 2.75) is 33.7 Å². The van der Waals surface area contributed by atoms with Gasteiger partial charge in [-0.3, -0.25) is 0 Å². The molecule has 1 N–H and O–H groups in total. The van der Waals surface area contributed by atoms with E-state index in [1.807, 2.05) is 31.2 Å². The number of nitrogens with zero attached hydrogens (tertiary/aromatic N) is 2. The first-order chi connectivity index (χ1) is 13.8. The molecule has 3 rings (SSSR count). The van der Waals surface area contributed by atoms with Crippen molar-refractivity contribution in [1.82, 2.24) is 4.57 Å². The van der Waals surface area contributed by atoms with Gasteiger partial charge in [0.15, 0.2) is 17.2 Å². The van der Waals surface area contributed by atoms with Crippen LogP contribution < -0.4 is 9.47 Å². The standard InChI is InChI=1S/C22H25BrN2O4/c1-13(2)7-8-29-18-6-5-15(10-19(18)28-4)12-25-21-14(3)9-16(23)11-17(21)20(24-27)22(25)26/h5-6,9-11,13,26H,7-8,12H2,1-4H3. The lowest BCUT2D eigenvalue weighted by atomic mass is 10.1. The Morgan fingerprint density at radius 1 is 1.21 bits per heavy atom. The van der Waals surface area contributed by atoms with E-state index in [0.29, 0.717) is 36.0 Å². The lowest BCUT2D eigenvalue weighted by Crippen LogP contribution is -2.04. The fraction of sp³-hybridized carbons (Fsp3) is 0.364. The number of fused-ring (bicyclic) bond motifs is 1. The fourth-order valence-electron chi connectivity index (χ4n) is 3.39. The molecule has 29 heavy (non-hydrogen) atoms. The Morgan fingerprint density at radius 3 is 2.62 bits per heavy atom. The molecular formula is C22H25BrN2O4. The van der Waals surface area contributed by atoms with Crippen LogP contribution in [0.25, 0.3) is 10.9 Å². The fourth-order valence-corrected chi connectivity index (χ4v) is 3.96. The van der Waals surface area contributed by atoms with E-state index in [9.17, 15) is 10.0 Å². The zero-order chi connectivity index (χ0) is 21.1. The normalized spacial score (nSPS) is 11.2. The van der Waals surface area contributed by atoms with Gasteiger partial charge in [0.05, 0.1) is 25.8 Å². The van der Waals surface area contributed by atoms with E-state index in [0.717, 1.165) is 27.5 Å². The average Bonchev–Trinajstić information content (AvgIpc) is 2.93. The Bertz CT molecular complexity index is 1040. The van der Waals surface area contributed by atoms with Crippen LogP contribution in [0.3, 0.4) is 0 Å². The summed E-state index contributed by atoms with van der Waals surface area (Å²) in [5.74, 6) is 1.74. The summed E-state index contributed by atoms with van der Waals surface area (Å²) in [4.78, 5) is 11.3. The Hall–Kier alpha value is -2.54. The number of hydrogen-bond donors (Lipinski definition) is 1. The van der Waals surface area contributed by atoms with Crippen LogP contribution in [-0.2, 0) is 6.54 Å². The number of benzene rings is 2. The monoisotopic (exact) mass is 460 g/mol. The van der Waals surface area contributed by atoms with Crippen molar-refractivity contribution in [1.29, 1.82) is 0 Å². The highest BCUT2D eigenvalue weighted by Crippen LogP contribution is 2.42. The number of nitroso groups, excluding NO2 is 1. The van der Waals surface area contributed by atoms with E-state index in [2.05, 4.69) is 35.0 Å². The summed E-state index contributed by atoms with van der Waals surface area (Å²) in [5, 5.41) is 14.3. The maximum absolute atomic E-state index is 11.3. The van der Waals surface area contributed by atoms with Gasteiger partial charge in [-0.05, 0) is 59.8 Å². The van der Waals surface area contributed by atoms with E-state index >= 15 is 0 Å². The van der Waals surface area contributed by atoms with Crippen molar-refractivity contribution in [3.05, 3.63) is 50.8 Å². The van der Waals surface area contributed by atoms with Crippen LogP contribution in [0.1, 0.15) is 31.4 Å². The third-order valence-electron chi connectivity index (χ3n) is 4.87.